The molecule has 1 atom stereocenters. The van der Waals surface area contributed by atoms with Gasteiger partial charge < -0.3 is 10.1 Å². The maximum Gasteiger partial charge on any atom is 0.124 e. The van der Waals surface area contributed by atoms with Gasteiger partial charge in [0, 0.05) is 15.1 Å². The molecule has 0 saturated heterocycles. The molecule has 2 nitrogen and oxygen atoms in total. The molecule has 0 aromatic heterocycles. The summed E-state index contributed by atoms with van der Waals surface area (Å²) >= 11 is 9.68. The molecule has 0 aliphatic carbocycles. The Hall–Kier alpha value is -1.10. The summed E-state index contributed by atoms with van der Waals surface area (Å²) in [5, 5.41) is 3.76. The van der Waals surface area contributed by atoms with Crippen LogP contribution in [0.5, 0.6) is 5.75 Å². The third-order valence-electron chi connectivity index (χ3n) is 3.06. The number of methoxy groups -OCH3 is 1. The van der Waals surface area contributed by atoms with Gasteiger partial charge in [0.25, 0.3) is 0 Å². The normalized spacial score (nSPS) is 12.2. The van der Waals surface area contributed by atoms with Crippen LogP contribution in [0.15, 0.2) is 40.9 Å². The molecule has 20 heavy (non-hydrogen) atoms. The van der Waals surface area contributed by atoms with E-state index in [0.29, 0.717) is 16.3 Å². The van der Waals surface area contributed by atoms with Crippen molar-refractivity contribution in [1.82, 2.24) is 5.32 Å². The minimum atomic E-state index is -0.313. The van der Waals surface area contributed by atoms with Gasteiger partial charge >= 0.3 is 0 Å². The van der Waals surface area contributed by atoms with E-state index in [1.165, 1.54) is 12.1 Å². The van der Waals surface area contributed by atoms with Crippen LogP contribution >= 0.6 is 27.5 Å². The van der Waals surface area contributed by atoms with E-state index < -0.39 is 0 Å². The molecule has 0 radical (unpaired) electrons. The van der Waals surface area contributed by atoms with Crippen LogP contribution in [0.25, 0.3) is 0 Å². The third kappa shape index (κ3) is 3.14. The van der Waals surface area contributed by atoms with Gasteiger partial charge in [-0.2, -0.15) is 0 Å². The van der Waals surface area contributed by atoms with E-state index in [4.69, 9.17) is 16.3 Å². The Kier molecular flexibility index (Phi) is 5.02. The largest absolute Gasteiger partial charge is 0.496 e. The van der Waals surface area contributed by atoms with Crippen molar-refractivity contribution in [3.63, 3.8) is 0 Å². The van der Waals surface area contributed by atoms with Crippen molar-refractivity contribution >= 4 is 27.5 Å². The molecule has 0 saturated carbocycles. The average molecular weight is 359 g/mol. The monoisotopic (exact) mass is 357 g/mol. The second-order valence-corrected chi connectivity index (χ2v) is 5.60. The Morgan fingerprint density at radius 1 is 1.20 bits per heavy atom. The molecule has 0 amide bonds. The lowest BCUT2D eigenvalue weighted by molar-refractivity contribution is 0.404. The maximum atomic E-state index is 13.6. The standard InChI is InChI=1S/C15H14BrClFNO/c1-19-15(11-7-9(16)3-5-13(11)17)12-8-10(18)4-6-14(12)20-2/h3-8,15,19H,1-2H3. The van der Waals surface area contributed by atoms with Crippen molar-refractivity contribution in [2.45, 2.75) is 6.04 Å². The van der Waals surface area contributed by atoms with E-state index in [1.807, 2.05) is 12.1 Å². The Morgan fingerprint density at radius 3 is 2.60 bits per heavy atom. The van der Waals surface area contributed by atoms with E-state index in [2.05, 4.69) is 21.2 Å². The molecular weight excluding hydrogens is 345 g/mol. The number of ether oxygens (including phenoxy) is 1. The minimum absolute atomic E-state index is 0.259. The zero-order valence-corrected chi connectivity index (χ0v) is 13.4. The lowest BCUT2D eigenvalue weighted by Gasteiger charge is -2.21. The van der Waals surface area contributed by atoms with Gasteiger partial charge in [-0.1, -0.05) is 27.5 Å². The highest BCUT2D eigenvalue weighted by molar-refractivity contribution is 9.10. The molecule has 0 spiro atoms. The molecule has 2 aromatic carbocycles. The number of nitrogens with one attached hydrogen (secondary N) is 1. The number of halogens is 3. The molecule has 1 unspecified atom stereocenters. The first kappa shape index (κ1) is 15.3. The first-order valence-corrected chi connectivity index (χ1v) is 7.19. The lowest BCUT2D eigenvalue weighted by Crippen LogP contribution is -2.19. The summed E-state index contributed by atoms with van der Waals surface area (Å²) in [6.45, 7) is 0. The fraction of sp³-hybridized carbons (Fsp3) is 0.200. The topological polar surface area (TPSA) is 21.3 Å². The van der Waals surface area contributed by atoms with E-state index in [-0.39, 0.29) is 11.9 Å². The molecule has 5 heteroatoms. The quantitative estimate of drug-likeness (QED) is 0.865. The Morgan fingerprint density at radius 2 is 1.95 bits per heavy atom. The third-order valence-corrected chi connectivity index (χ3v) is 3.90. The van der Waals surface area contributed by atoms with Crippen molar-refractivity contribution in [2.24, 2.45) is 0 Å². The van der Waals surface area contributed by atoms with E-state index >= 15 is 0 Å². The summed E-state index contributed by atoms with van der Waals surface area (Å²) < 4.78 is 19.8. The summed E-state index contributed by atoms with van der Waals surface area (Å²) in [4.78, 5) is 0. The van der Waals surface area contributed by atoms with Crippen molar-refractivity contribution in [3.8, 4) is 5.75 Å². The molecule has 0 aliphatic heterocycles. The number of benzene rings is 2. The zero-order chi connectivity index (χ0) is 14.7. The van der Waals surface area contributed by atoms with Gasteiger partial charge in [0.15, 0.2) is 0 Å². The highest BCUT2D eigenvalue weighted by Crippen LogP contribution is 2.35. The predicted molar refractivity (Wildman–Crippen MR) is 83.0 cm³/mol. The molecule has 0 heterocycles. The van der Waals surface area contributed by atoms with E-state index in [0.717, 1.165) is 10.0 Å². The Labute approximate surface area is 131 Å². The van der Waals surface area contributed by atoms with Crippen molar-refractivity contribution in [2.75, 3.05) is 14.2 Å². The molecule has 2 aromatic rings. The fourth-order valence-corrected chi connectivity index (χ4v) is 2.75. The van der Waals surface area contributed by atoms with Gasteiger partial charge in [-0.05, 0) is 49.0 Å². The first-order valence-electron chi connectivity index (χ1n) is 6.02. The van der Waals surface area contributed by atoms with Gasteiger partial charge in [0.05, 0.1) is 13.2 Å². The summed E-state index contributed by atoms with van der Waals surface area (Å²) in [6, 6.07) is 9.76. The van der Waals surface area contributed by atoms with Gasteiger partial charge in [0.1, 0.15) is 11.6 Å². The molecule has 106 valence electrons. The average Bonchev–Trinajstić information content (AvgIpc) is 2.44. The Bertz CT molecular complexity index is 621. The summed E-state index contributed by atoms with van der Waals surface area (Å²) in [5.41, 5.74) is 1.56. The van der Waals surface area contributed by atoms with Crippen LogP contribution in [0.2, 0.25) is 5.02 Å². The van der Waals surface area contributed by atoms with E-state index in [1.54, 1.807) is 26.3 Å². The second kappa shape index (κ2) is 6.57. The van der Waals surface area contributed by atoms with Crippen molar-refractivity contribution in [3.05, 3.63) is 62.8 Å². The van der Waals surface area contributed by atoms with Crippen LogP contribution in [-0.2, 0) is 0 Å². The molecular formula is C15H14BrClFNO. The summed E-state index contributed by atoms with van der Waals surface area (Å²) in [6.07, 6.45) is 0. The summed E-state index contributed by atoms with van der Waals surface area (Å²) in [7, 11) is 3.36. The minimum Gasteiger partial charge on any atom is -0.496 e. The highest BCUT2D eigenvalue weighted by atomic mass is 79.9. The van der Waals surface area contributed by atoms with Gasteiger partial charge in [-0.3, -0.25) is 0 Å². The van der Waals surface area contributed by atoms with Gasteiger partial charge in [-0.25, -0.2) is 4.39 Å². The molecule has 2 rings (SSSR count). The van der Waals surface area contributed by atoms with Crippen LogP contribution in [0.4, 0.5) is 4.39 Å². The van der Waals surface area contributed by atoms with Crippen molar-refractivity contribution in [1.29, 1.82) is 0 Å². The molecule has 0 fully saturated rings. The fourth-order valence-electron chi connectivity index (χ4n) is 2.15. The summed E-state index contributed by atoms with van der Waals surface area (Å²) in [5.74, 6) is 0.300. The lowest BCUT2D eigenvalue weighted by atomic mass is 9.97. The second-order valence-electron chi connectivity index (χ2n) is 4.27. The maximum absolute atomic E-state index is 13.6. The van der Waals surface area contributed by atoms with Crippen LogP contribution in [0.3, 0.4) is 0 Å². The molecule has 0 bridgehead atoms. The molecule has 0 aliphatic rings. The van der Waals surface area contributed by atoms with Crippen LogP contribution in [0.1, 0.15) is 17.2 Å². The predicted octanol–water partition coefficient (Wildman–Crippen LogP) is 4.56. The first-order chi connectivity index (χ1) is 9.56. The molecule has 1 N–H and O–H groups in total. The smallest absolute Gasteiger partial charge is 0.124 e. The van der Waals surface area contributed by atoms with Crippen LogP contribution < -0.4 is 10.1 Å². The zero-order valence-electron chi connectivity index (χ0n) is 11.1. The SMILES string of the molecule is CNC(c1cc(Br)ccc1Cl)c1cc(F)ccc1OC. The Balaban J connectivity index is 2.57. The number of hydrogen-bond acceptors (Lipinski definition) is 2. The number of rotatable bonds is 4. The highest BCUT2D eigenvalue weighted by Gasteiger charge is 2.20. The van der Waals surface area contributed by atoms with Gasteiger partial charge in [0.2, 0.25) is 0 Å². The van der Waals surface area contributed by atoms with E-state index in [9.17, 15) is 4.39 Å². The van der Waals surface area contributed by atoms with Crippen molar-refractivity contribution < 1.29 is 9.13 Å². The van der Waals surface area contributed by atoms with Gasteiger partial charge in [-0.15, -0.1) is 0 Å². The van der Waals surface area contributed by atoms with Crippen LogP contribution in [0, 0.1) is 5.82 Å². The van der Waals surface area contributed by atoms with Crippen LogP contribution in [-0.4, -0.2) is 14.2 Å². The number of hydrogen-bond donors (Lipinski definition) is 1.